The summed E-state index contributed by atoms with van der Waals surface area (Å²) in [5.74, 6) is 0.699. The van der Waals surface area contributed by atoms with Crippen LogP contribution in [0, 0.1) is 13.8 Å². The summed E-state index contributed by atoms with van der Waals surface area (Å²) in [6, 6.07) is 3.69. The van der Waals surface area contributed by atoms with Gasteiger partial charge in [0.15, 0.2) is 0 Å². The smallest absolute Gasteiger partial charge is 0.417 e. The minimum absolute atomic E-state index is 0.292. The number of oxazole rings is 1. The van der Waals surface area contributed by atoms with Gasteiger partial charge in [0.1, 0.15) is 23.6 Å². The van der Waals surface area contributed by atoms with E-state index in [4.69, 9.17) is 13.7 Å². The van der Waals surface area contributed by atoms with Crippen molar-refractivity contribution in [3.05, 3.63) is 39.8 Å². The van der Waals surface area contributed by atoms with Gasteiger partial charge in [0.25, 0.3) is 5.69 Å². The Labute approximate surface area is 141 Å². The van der Waals surface area contributed by atoms with Crippen molar-refractivity contribution in [2.24, 2.45) is 0 Å². The summed E-state index contributed by atoms with van der Waals surface area (Å²) in [6.45, 7) is 3.40. The molecule has 0 fully saturated rings. The Kier molecular flexibility index (Phi) is 3.36. The van der Waals surface area contributed by atoms with E-state index in [1.54, 1.807) is 7.11 Å². The number of benzene rings is 1. The van der Waals surface area contributed by atoms with Crippen LogP contribution in [0.2, 0.25) is 0 Å². The predicted molar refractivity (Wildman–Crippen MR) is 88.3 cm³/mol. The molecule has 8 heteroatoms. The molecule has 1 aromatic carbocycles. The number of hydrogen-bond acceptors (Lipinski definition) is 6. The predicted octanol–water partition coefficient (Wildman–Crippen LogP) is 1.86. The Bertz CT molecular complexity index is 1150. The first kappa shape index (κ1) is 15.4. The van der Waals surface area contributed by atoms with E-state index in [0.29, 0.717) is 39.2 Å². The Morgan fingerprint density at radius 2 is 2.16 bits per heavy atom. The fraction of sp³-hybridized carbons (Fsp3) is 0.235. The van der Waals surface area contributed by atoms with Crippen molar-refractivity contribution in [1.29, 1.82) is 0 Å². The van der Waals surface area contributed by atoms with Crippen LogP contribution in [0.3, 0.4) is 0 Å². The Balaban J connectivity index is 2.13. The number of hydrogen-bond donors (Lipinski definition) is 2. The molecule has 0 aliphatic rings. The highest BCUT2D eigenvalue weighted by Gasteiger charge is 2.23. The third-order valence-electron chi connectivity index (χ3n) is 4.28. The van der Waals surface area contributed by atoms with Gasteiger partial charge in [0.05, 0.1) is 23.8 Å². The van der Waals surface area contributed by atoms with Crippen LogP contribution in [0.4, 0.5) is 0 Å². The van der Waals surface area contributed by atoms with Crippen molar-refractivity contribution in [1.82, 2.24) is 10.1 Å². The topological polar surface area (TPSA) is 116 Å². The zero-order valence-electron chi connectivity index (χ0n) is 13.9. The summed E-state index contributed by atoms with van der Waals surface area (Å²) < 4.78 is 15.9. The fourth-order valence-corrected chi connectivity index (χ4v) is 3.18. The lowest BCUT2D eigenvalue weighted by Crippen LogP contribution is -2.13. The first-order valence-corrected chi connectivity index (χ1v) is 7.66. The zero-order valence-corrected chi connectivity index (χ0v) is 13.9. The van der Waals surface area contributed by atoms with Gasteiger partial charge in [-0.2, -0.15) is 0 Å². The van der Waals surface area contributed by atoms with Crippen LogP contribution in [-0.2, 0) is 6.61 Å². The van der Waals surface area contributed by atoms with Gasteiger partial charge < -0.3 is 18.8 Å². The first-order chi connectivity index (χ1) is 12.0. The maximum Gasteiger partial charge on any atom is 0.417 e. The number of aromatic amines is 2. The van der Waals surface area contributed by atoms with E-state index in [1.807, 2.05) is 26.0 Å². The van der Waals surface area contributed by atoms with Crippen LogP contribution in [0.5, 0.6) is 5.75 Å². The van der Waals surface area contributed by atoms with Crippen LogP contribution in [-0.4, -0.2) is 22.4 Å². The molecule has 3 N–H and O–H groups in total. The highest BCUT2D eigenvalue weighted by molar-refractivity contribution is 6.02. The molecule has 0 radical (unpaired) electrons. The summed E-state index contributed by atoms with van der Waals surface area (Å²) in [7, 11) is 1.57. The van der Waals surface area contributed by atoms with Crippen molar-refractivity contribution < 1.29 is 23.8 Å². The third-order valence-corrected chi connectivity index (χ3v) is 4.28. The second kappa shape index (κ2) is 5.45. The summed E-state index contributed by atoms with van der Waals surface area (Å²) in [6.07, 6.45) is 0. The monoisotopic (exact) mass is 342 g/mol. The molecular weight excluding hydrogens is 326 g/mol. The number of fused-ring (bicyclic) bond motifs is 3. The van der Waals surface area contributed by atoms with Gasteiger partial charge in [0.2, 0.25) is 11.1 Å². The van der Waals surface area contributed by atoms with E-state index in [1.165, 1.54) is 0 Å². The van der Waals surface area contributed by atoms with Gasteiger partial charge in [-0.15, -0.1) is 0 Å². The normalized spacial score (nSPS) is 11.5. The van der Waals surface area contributed by atoms with Crippen LogP contribution < -0.4 is 15.5 Å². The second-order valence-corrected chi connectivity index (χ2v) is 5.78. The second-order valence-electron chi connectivity index (χ2n) is 5.78. The summed E-state index contributed by atoms with van der Waals surface area (Å²) in [4.78, 5) is 17.4. The molecule has 3 heterocycles. The number of nitrogens with zero attached hydrogens (tertiary/aromatic N) is 1. The number of rotatable bonds is 3. The van der Waals surface area contributed by atoms with Gasteiger partial charge in [-0.1, -0.05) is 5.16 Å². The molecule has 0 aliphatic carbocycles. The molecular formula is C17H16N3O5+. The number of ether oxygens (including phenoxy) is 1. The van der Waals surface area contributed by atoms with E-state index >= 15 is 0 Å². The summed E-state index contributed by atoms with van der Waals surface area (Å²) >= 11 is 0. The molecule has 4 rings (SSSR count). The molecule has 0 aliphatic heterocycles. The minimum Gasteiger partial charge on any atom is -0.496 e. The highest BCUT2D eigenvalue weighted by Crippen LogP contribution is 2.38. The van der Waals surface area contributed by atoms with Gasteiger partial charge in [-0.05, 0) is 19.9 Å². The molecule has 0 saturated heterocycles. The molecule has 0 amide bonds. The molecule has 25 heavy (non-hydrogen) atoms. The van der Waals surface area contributed by atoms with Crippen LogP contribution in [0.15, 0.2) is 25.9 Å². The van der Waals surface area contributed by atoms with Crippen molar-refractivity contribution in [3.63, 3.8) is 0 Å². The van der Waals surface area contributed by atoms with Gasteiger partial charge >= 0.3 is 5.76 Å². The number of H-pyrrole nitrogens is 2. The van der Waals surface area contributed by atoms with E-state index in [2.05, 4.69) is 15.1 Å². The maximum atomic E-state index is 11.6. The van der Waals surface area contributed by atoms with Gasteiger partial charge in [-0.25, -0.2) is 9.78 Å². The molecule has 0 spiro atoms. The molecule has 128 valence electrons. The zero-order chi connectivity index (χ0) is 17.7. The first-order valence-electron chi connectivity index (χ1n) is 7.66. The number of nitrogens with one attached hydrogen (secondary N) is 2. The lowest BCUT2D eigenvalue weighted by atomic mass is 10.00. The number of aliphatic hydroxyl groups is 1. The summed E-state index contributed by atoms with van der Waals surface area (Å²) in [5, 5.41) is 14.3. The molecule has 0 saturated carbocycles. The van der Waals surface area contributed by atoms with Crippen molar-refractivity contribution >= 4 is 22.0 Å². The average Bonchev–Trinajstić information content (AvgIpc) is 3.15. The lowest BCUT2D eigenvalue weighted by Gasteiger charge is -2.09. The maximum absolute atomic E-state index is 11.6. The number of aliphatic hydroxyl groups excluding tert-OH is 1. The third kappa shape index (κ3) is 2.22. The van der Waals surface area contributed by atoms with Crippen molar-refractivity contribution in [2.45, 2.75) is 20.5 Å². The minimum atomic E-state index is -0.584. The quantitative estimate of drug-likeness (QED) is 0.587. The van der Waals surface area contributed by atoms with E-state index < -0.39 is 5.76 Å². The van der Waals surface area contributed by atoms with Crippen molar-refractivity contribution in [2.75, 3.05) is 7.11 Å². The average molecular weight is 342 g/mol. The summed E-state index contributed by atoms with van der Waals surface area (Å²) in [5.41, 5.74) is 4.32. The van der Waals surface area contributed by atoms with E-state index in [0.717, 1.165) is 16.8 Å². The number of aryl methyl sites for hydroxylation is 2. The molecule has 4 aromatic rings. The molecule has 0 unspecified atom stereocenters. The van der Waals surface area contributed by atoms with Gasteiger partial charge in [-0.3, -0.25) is 4.98 Å². The van der Waals surface area contributed by atoms with Crippen LogP contribution >= 0.6 is 0 Å². The number of aromatic nitrogens is 3. The SMILES string of the molecule is COc1cc2c(cc1-c1c(C)noc1C)[nH+]c(CO)c1oc(=O)[nH]c12. The Morgan fingerprint density at radius 1 is 1.36 bits per heavy atom. The van der Waals surface area contributed by atoms with E-state index in [9.17, 15) is 9.90 Å². The standard InChI is InChI=1S/C17H15N3O5/c1-7-14(8(2)25-20-7)10-4-11-9(5-13(10)23-3)15-16(12(6-21)18-11)24-17(22)19-15/h4-5,21H,6H2,1-3H3,(H,19,22)/p+1. The molecule has 0 bridgehead atoms. The molecule has 3 aromatic heterocycles. The molecule has 0 atom stereocenters. The number of pyridine rings is 1. The van der Waals surface area contributed by atoms with Crippen LogP contribution in [0.25, 0.3) is 33.1 Å². The highest BCUT2D eigenvalue weighted by atomic mass is 16.5. The lowest BCUT2D eigenvalue weighted by molar-refractivity contribution is -0.361. The Hall–Kier alpha value is -3.13. The largest absolute Gasteiger partial charge is 0.496 e. The Morgan fingerprint density at radius 3 is 2.80 bits per heavy atom. The molecule has 8 nitrogen and oxygen atoms in total. The fourth-order valence-electron chi connectivity index (χ4n) is 3.18. The van der Waals surface area contributed by atoms with Gasteiger partial charge in [0, 0.05) is 11.6 Å². The van der Waals surface area contributed by atoms with E-state index in [-0.39, 0.29) is 6.61 Å². The van der Waals surface area contributed by atoms with Crippen molar-refractivity contribution in [3.8, 4) is 16.9 Å². The van der Waals surface area contributed by atoms with Crippen LogP contribution in [0.1, 0.15) is 17.1 Å². The number of methoxy groups -OCH3 is 1.